The molecule has 26 heavy (non-hydrogen) atoms. The molecule has 132 valence electrons. The maximum absolute atomic E-state index is 13.0. The Labute approximate surface area is 150 Å². The number of benzene rings is 2. The summed E-state index contributed by atoms with van der Waals surface area (Å²) in [7, 11) is 0. The lowest BCUT2D eigenvalue weighted by molar-refractivity contribution is -0.122. The quantitative estimate of drug-likeness (QED) is 0.675. The fraction of sp³-hybridized carbons (Fsp3) is 0.150. The second kappa shape index (κ2) is 6.84. The highest BCUT2D eigenvalue weighted by molar-refractivity contribution is 6.43. The minimum atomic E-state index is -1.13. The van der Waals surface area contributed by atoms with Crippen LogP contribution in [0.2, 0.25) is 0 Å². The second-order valence-electron chi connectivity index (χ2n) is 5.70. The van der Waals surface area contributed by atoms with Crippen LogP contribution in [0.5, 0.6) is 0 Å². The standard InChI is InChI=1S/C20H17NO5/c1-3-26-18(13-7-5-4-6-8-13)17-15-10-9-14(20(24)25)11-16(15)21(12(2)22)19(17)23/h4-11H,3H2,1-2H3,(H,24,25)/b18-17+. The molecular weight excluding hydrogens is 334 g/mol. The van der Waals surface area contributed by atoms with Crippen LogP contribution < -0.4 is 4.90 Å². The van der Waals surface area contributed by atoms with E-state index in [1.807, 2.05) is 30.3 Å². The number of carboxylic acids is 1. The molecule has 0 fully saturated rings. The molecule has 2 aromatic carbocycles. The SMILES string of the molecule is CCO/C(=C1/C(=O)N(C(C)=O)c2cc(C(=O)O)ccc21)c1ccccc1. The van der Waals surface area contributed by atoms with Crippen LogP contribution in [-0.4, -0.2) is 29.5 Å². The predicted molar refractivity (Wildman–Crippen MR) is 96.5 cm³/mol. The van der Waals surface area contributed by atoms with E-state index in [4.69, 9.17) is 4.74 Å². The van der Waals surface area contributed by atoms with Gasteiger partial charge in [-0.15, -0.1) is 0 Å². The van der Waals surface area contributed by atoms with Gasteiger partial charge < -0.3 is 9.84 Å². The first kappa shape index (κ1) is 17.4. The number of ether oxygens (including phenoxy) is 1. The maximum Gasteiger partial charge on any atom is 0.335 e. The molecule has 0 radical (unpaired) electrons. The van der Waals surface area contributed by atoms with Crippen LogP contribution in [0.3, 0.4) is 0 Å². The van der Waals surface area contributed by atoms with Crippen LogP contribution in [0.15, 0.2) is 48.5 Å². The third-order valence-electron chi connectivity index (χ3n) is 4.04. The molecule has 0 saturated carbocycles. The van der Waals surface area contributed by atoms with Crippen LogP contribution in [0.1, 0.15) is 35.3 Å². The van der Waals surface area contributed by atoms with E-state index in [1.165, 1.54) is 25.1 Å². The van der Waals surface area contributed by atoms with Crippen molar-refractivity contribution in [3.63, 3.8) is 0 Å². The molecule has 0 unspecified atom stereocenters. The summed E-state index contributed by atoms with van der Waals surface area (Å²) in [6.07, 6.45) is 0. The van der Waals surface area contributed by atoms with Crippen LogP contribution in [0.4, 0.5) is 5.69 Å². The van der Waals surface area contributed by atoms with Crippen LogP contribution in [0, 0.1) is 0 Å². The highest BCUT2D eigenvalue weighted by Gasteiger charge is 2.38. The summed E-state index contributed by atoms with van der Waals surface area (Å²) in [5, 5.41) is 9.22. The number of aromatic carboxylic acids is 1. The zero-order valence-electron chi connectivity index (χ0n) is 14.4. The number of rotatable bonds is 4. The summed E-state index contributed by atoms with van der Waals surface area (Å²) in [6.45, 7) is 3.41. The Hall–Kier alpha value is -3.41. The van der Waals surface area contributed by atoms with Crippen LogP contribution >= 0.6 is 0 Å². The first-order valence-corrected chi connectivity index (χ1v) is 8.11. The lowest BCUT2D eigenvalue weighted by atomic mass is 10.0. The van der Waals surface area contributed by atoms with Crippen molar-refractivity contribution < 1.29 is 24.2 Å². The van der Waals surface area contributed by atoms with E-state index in [-0.39, 0.29) is 16.8 Å². The topological polar surface area (TPSA) is 83.9 Å². The number of hydrogen-bond acceptors (Lipinski definition) is 4. The zero-order valence-corrected chi connectivity index (χ0v) is 14.4. The molecule has 3 rings (SSSR count). The summed E-state index contributed by atoms with van der Waals surface area (Å²) in [5.74, 6) is -1.78. The summed E-state index contributed by atoms with van der Waals surface area (Å²) in [6, 6.07) is 13.4. The van der Waals surface area contributed by atoms with E-state index in [0.29, 0.717) is 23.5 Å². The Kier molecular flexibility index (Phi) is 4.58. The van der Waals surface area contributed by atoms with Gasteiger partial charge in [0.25, 0.3) is 5.91 Å². The smallest absolute Gasteiger partial charge is 0.335 e. The van der Waals surface area contributed by atoms with Gasteiger partial charge in [-0.1, -0.05) is 36.4 Å². The van der Waals surface area contributed by atoms with Crippen LogP contribution in [0.25, 0.3) is 11.3 Å². The minimum absolute atomic E-state index is 0.00159. The van der Waals surface area contributed by atoms with Gasteiger partial charge in [-0.05, 0) is 19.1 Å². The minimum Gasteiger partial charge on any atom is -0.492 e. The van der Waals surface area contributed by atoms with Crippen LogP contribution in [-0.2, 0) is 14.3 Å². The number of anilines is 1. The number of carbonyl (C=O) groups excluding carboxylic acids is 2. The zero-order chi connectivity index (χ0) is 18.8. The van der Waals surface area contributed by atoms with E-state index >= 15 is 0 Å². The number of carboxylic acid groups (broad SMARTS) is 1. The van der Waals surface area contributed by atoms with E-state index < -0.39 is 17.8 Å². The van der Waals surface area contributed by atoms with Gasteiger partial charge in [0.1, 0.15) is 5.76 Å². The van der Waals surface area contributed by atoms with Gasteiger partial charge in [-0.3, -0.25) is 9.59 Å². The van der Waals surface area contributed by atoms with Gasteiger partial charge >= 0.3 is 5.97 Å². The second-order valence-corrected chi connectivity index (χ2v) is 5.70. The van der Waals surface area contributed by atoms with Crippen molar-refractivity contribution in [3.8, 4) is 0 Å². The number of hydrogen-bond donors (Lipinski definition) is 1. The van der Waals surface area contributed by atoms with E-state index in [9.17, 15) is 19.5 Å². The van der Waals surface area contributed by atoms with Crippen molar-refractivity contribution in [2.75, 3.05) is 11.5 Å². The van der Waals surface area contributed by atoms with Gasteiger partial charge in [0, 0.05) is 18.1 Å². The molecular formula is C20H17NO5. The fourth-order valence-electron chi connectivity index (χ4n) is 2.96. The number of fused-ring (bicyclic) bond motifs is 1. The Bertz CT molecular complexity index is 930. The molecule has 1 N–H and O–H groups in total. The largest absolute Gasteiger partial charge is 0.492 e. The maximum atomic E-state index is 13.0. The first-order chi connectivity index (χ1) is 12.5. The highest BCUT2D eigenvalue weighted by atomic mass is 16.5. The van der Waals surface area contributed by atoms with Crippen molar-refractivity contribution in [1.82, 2.24) is 0 Å². The molecule has 0 atom stereocenters. The molecule has 1 aliphatic rings. The molecule has 0 bridgehead atoms. The molecule has 0 saturated heterocycles. The molecule has 2 aromatic rings. The molecule has 1 heterocycles. The molecule has 0 aliphatic carbocycles. The summed E-state index contributed by atoms with van der Waals surface area (Å²) in [4.78, 5) is 37.3. The van der Waals surface area contributed by atoms with Gasteiger partial charge in [0.05, 0.1) is 23.4 Å². The van der Waals surface area contributed by atoms with Crippen molar-refractivity contribution >= 4 is 34.8 Å². The number of nitrogens with zero attached hydrogens (tertiary/aromatic N) is 1. The molecule has 6 heteroatoms. The van der Waals surface area contributed by atoms with E-state index in [1.54, 1.807) is 6.92 Å². The monoisotopic (exact) mass is 351 g/mol. The van der Waals surface area contributed by atoms with E-state index in [2.05, 4.69) is 0 Å². The number of imide groups is 1. The average Bonchev–Trinajstić information content (AvgIpc) is 2.91. The summed E-state index contributed by atoms with van der Waals surface area (Å²) >= 11 is 0. The normalized spacial score (nSPS) is 14.8. The summed E-state index contributed by atoms with van der Waals surface area (Å²) < 4.78 is 5.75. The Balaban J connectivity index is 2.30. The summed E-state index contributed by atoms with van der Waals surface area (Å²) in [5.41, 5.74) is 1.69. The molecule has 0 spiro atoms. The molecule has 1 aliphatic heterocycles. The fourth-order valence-corrected chi connectivity index (χ4v) is 2.96. The first-order valence-electron chi connectivity index (χ1n) is 8.11. The lowest BCUT2D eigenvalue weighted by Gasteiger charge is -2.13. The molecule has 0 aromatic heterocycles. The third-order valence-corrected chi connectivity index (χ3v) is 4.04. The molecule has 6 nitrogen and oxygen atoms in total. The number of carbonyl (C=O) groups is 3. The predicted octanol–water partition coefficient (Wildman–Crippen LogP) is 3.18. The van der Waals surface area contributed by atoms with Crippen molar-refractivity contribution in [2.45, 2.75) is 13.8 Å². The highest BCUT2D eigenvalue weighted by Crippen LogP contribution is 2.41. The van der Waals surface area contributed by atoms with Gasteiger partial charge in [0.2, 0.25) is 5.91 Å². The molecule has 2 amide bonds. The Morgan fingerprint density at radius 1 is 1.08 bits per heavy atom. The number of amides is 2. The van der Waals surface area contributed by atoms with E-state index in [0.717, 1.165) is 4.90 Å². The van der Waals surface area contributed by atoms with Crippen molar-refractivity contribution in [3.05, 3.63) is 65.2 Å². The average molecular weight is 351 g/mol. The lowest BCUT2D eigenvalue weighted by Crippen LogP contribution is -2.31. The van der Waals surface area contributed by atoms with Crippen molar-refractivity contribution in [1.29, 1.82) is 0 Å². The van der Waals surface area contributed by atoms with Gasteiger partial charge in [-0.25, -0.2) is 9.69 Å². The van der Waals surface area contributed by atoms with Crippen molar-refractivity contribution in [2.24, 2.45) is 0 Å². The Morgan fingerprint density at radius 2 is 1.77 bits per heavy atom. The van der Waals surface area contributed by atoms with Gasteiger partial charge in [0.15, 0.2) is 0 Å². The Morgan fingerprint density at radius 3 is 2.35 bits per heavy atom. The third kappa shape index (κ3) is 2.86. The van der Waals surface area contributed by atoms with Gasteiger partial charge in [-0.2, -0.15) is 0 Å².